The number of rotatable bonds is 2. The summed E-state index contributed by atoms with van der Waals surface area (Å²) in [7, 11) is 0. The van der Waals surface area contributed by atoms with Gasteiger partial charge in [-0.3, -0.25) is 0 Å². The third kappa shape index (κ3) is 22.5. The number of ether oxygens (including phenoxy) is 1. The molecule has 3 N–H and O–H groups in total. The number of carbonyl (C=O) groups excluding carboxylic acids is 1. The van der Waals surface area contributed by atoms with Crippen molar-refractivity contribution in [1.29, 1.82) is 0 Å². The van der Waals surface area contributed by atoms with E-state index >= 15 is 0 Å². The lowest BCUT2D eigenvalue weighted by atomic mass is 10.2. The average Bonchev–Trinajstić information content (AvgIpc) is 1.80. The quantitative estimate of drug-likeness (QED) is 0.723. The monoisotopic (exact) mass is 205 g/mol. The molecule has 0 aliphatic rings. The summed E-state index contributed by atoms with van der Waals surface area (Å²) in [6.45, 7) is 9.80. The first-order chi connectivity index (χ1) is 6.19. The predicted octanol–water partition coefficient (Wildman–Crippen LogP) is 1.90. The van der Waals surface area contributed by atoms with Crippen molar-refractivity contribution in [2.75, 3.05) is 6.61 Å². The zero-order chi connectivity index (χ0) is 11.8. The molecule has 0 aliphatic heterocycles. The molecule has 0 atom stereocenters. The second kappa shape index (κ2) is 7.62. The minimum atomic E-state index is -0.725. The van der Waals surface area contributed by atoms with E-state index in [1.54, 1.807) is 20.8 Å². The van der Waals surface area contributed by atoms with Crippen LogP contribution < -0.4 is 5.73 Å². The van der Waals surface area contributed by atoms with Gasteiger partial charge in [-0.05, 0) is 33.1 Å². The molecule has 1 amide bonds. The highest BCUT2D eigenvalue weighted by Crippen LogP contribution is 2.04. The van der Waals surface area contributed by atoms with Crippen LogP contribution in [0, 0.1) is 5.92 Å². The van der Waals surface area contributed by atoms with Gasteiger partial charge in [-0.15, -0.1) is 0 Å². The van der Waals surface area contributed by atoms with Crippen LogP contribution in [0.15, 0.2) is 0 Å². The Bertz CT molecular complexity index is 150. The van der Waals surface area contributed by atoms with Crippen LogP contribution in [-0.2, 0) is 4.74 Å². The fourth-order valence-corrected chi connectivity index (χ4v) is 0.560. The first kappa shape index (κ1) is 15.7. The third-order valence-corrected chi connectivity index (χ3v) is 1.11. The van der Waals surface area contributed by atoms with Gasteiger partial charge in [-0.2, -0.15) is 0 Å². The van der Waals surface area contributed by atoms with Gasteiger partial charge in [0.15, 0.2) is 0 Å². The van der Waals surface area contributed by atoms with Gasteiger partial charge < -0.3 is 15.6 Å². The molecule has 0 saturated carbocycles. The minimum absolute atomic E-state index is 0.331. The number of aliphatic hydroxyl groups is 1. The largest absolute Gasteiger partial charge is 0.444 e. The molecule has 0 aromatic carbocycles. The Hall–Kier alpha value is -0.770. The lowest BCUT2D eigenvalue weighted by molar-refractivity contribution is 0.0600. The van der Waals surface area contributed by atoms with Crippen molar-refractivity contribution < 1.29 is 14.6 Å². The van der Waals surface area contributed by atoms with Crippen LogP contribution in [-0.4, -0.2) is 23.4 Å². The summed E-state index contributed by atoms with van der Waals surface area (Å²) in [5, 5.41) is 8.24. The Morgan fingerprint density at radius 3 is 1.86 bits per heavy atom. The molecule has 0 aliphatic carbocycles. The molecule has 0 saturated heterocycles. The molecular weight excluding hydrogens is 182 g/mol. The summed E-state index contributed by atoms with van der Waals surface area (Å²) in [5.74, 6) is 0.648. The Morgan fingerprint density at radius 2 is 1.86 bits per heavy atom. The molecule has 0 aromatic heterocycles. The molecule has 4 heteroatoms. The minimum Gasteiger partial charge on any atom is -0.444 e. The zero-order valence-electron chi connectivity index (χ0n) is 9.83. The Morgan fingerprint density at radius 1 is 1.43 bits per heavy atom. The lowest BCUT2D eigenvalue weighted by Gasteiger charge is -2.16. The molecule has 0 radical (unpaired) electrons. The van der Waals surface area contributed by atoms with Crippen molar-refractivity contribution in [1.82, 2.24) is 0 Å². The average molecular weight is 205 g/mol. The van der Waals surface area contributed by atoms with Gasteiger partial charge in [0, 0.05) is 6.61 Å². The van der Waals surface area contributed by atoms with E-state index < -0.39 is 11.7 Å². The molecule has 0 unspecified atom stereocenters. The highest BCUT2D eigenvalue weighted by Gasteiger charge is 2.12. The Labute approximate surface area is 86.4 Å². The van der Waals surface area contributed by atoms with Crippen molar-refractivity contribution >= 4 is 6.09 Å². The SMILES string of the molecule is CC(C)(C)OC(N)=O.CC(C)CCO. The van der Waals surface area contributed by atoms with Gasteiger partial charge in [0.25, 0.3) is 0 Å². The van der Waals surface area contributed by atoms with Gasteiger partial charge >= 0.3 is 6.09 Å². The molecule has 0 fully saturated rings. The van der Waals surface area contributed by atoms with Crippen LogP contribution in [0.4, 0.5) is 4.79 Å². The highest BCUT2D eigenvalue weighted by molar-refractivity contribution is 5.65. The molecular formula is C10H23NO3. The Kier molecular flexibility index (Phi) is 8.54. The molecule has 0 bridgehead atoms. The lowest BCUT2D eigenvalue weighted by Crippen LogP contribution is -2.27. The van der Waals surface area contributed by atoms with E-state index in [1.807, 2.05) is 0 Å². The first-order valence-corrected chi connectivity index (χ1v) is 4.78. The number of hydrogen-bond donors (Lipinski definition) is 2. The van der Waals surface area contributed by atoms with E-state index in [2.05, 4.69) is 18.6 Å². The third-order valence-electron chi connectivity index (χ3n) is 1.11. The van der Waals surface area contributed by atoms with E-state index in [1.165, 1.54) is 0 Å². The van der Waals surface area contributed by atoms with Gasteiger partial charge in [0.05, 0.1) is 0 Å². The molecule has 86 valence electrons. The van der Waals surface area contributed by atoms with Crippen molar-refractivity contribution in [3.8, 4) is 0 Å². The maximum absolute atomic E-state index is 10.0. The van der Waals surface area contributed by atoms with Gasteiger partial charge in [-0.1, -0.05) is 13.8 Å². The summed E-state index contributed by atoms with van der Waals surface area (Å²) < 4.78 is 4.58. The molecule has 0 rings (SSSR count). The number of nitrogens with two attached hydrogens (primary N) is 1. The standard InChI is InChI=1S/C5H11NO2.C5H12O/c1-5(2,3)8-4(6)7;1-5(2)3-4-6/h1-3H3,(H2,6,7);5-6H,3-4H2,1-2H3. The Balaban J connectivity index is 0. The summed E-state index contributed by atoms with van der Waals surface area (Å²) in [4.78, 5) is 10.0. The normalized spacial score (nSPS) is 10.5. The summed E-state index contributed by atoms with van der Waals surface area (Å²) in [6, 6.07) is 0. The van der Waals surface area contributed by atoms with Crippen molar-refractivity contribution in [2.45, 2.75) is 46.6 Å². The predicted molar refractivity (Wildman–Crippen MR) is 57.0 cm³/mol. The highest BCUT2D eigenvalue weighted by atomic mass is 16.6. The zero-order valence-corrected chi connectivity index (χ0v) is 9.83. The van der Waals surface area contributed by atoms with E-state index in [-0.39, 0.29) is 0 Å². The van der Waals surface area contributed by atoms with Crippen LogP contribution in [0.1, 0.15) is 41.0 Å². The molecule has 4 nitrogen and oxygen atoms in total. The van der Waals surface area contributed by atoms with Crippen LogP contribution >= 0.6 is 0 Å². The second-order valence-electron chi connectivity index (χ2n) is 4.44. The van der Waals surface area contributed by atoms with E-state index in [0.717, 1.165) is 6.42 Å². The van der Waals surface area contributed by atoms with Gasteiger partial charge in [0.1, 0.15) is 5.60 Å². The first-order valence-electron chi connectivity index (χ1n) is 4.78. The van der Waals surface area contributed by atoms with Crippen LogP contribution in [0.3, 0.4) is 0 Å². The number of primary amides is 1. The summed E-state index contributed by atoms with van der Waals surface area (Å²) in [6.07, 6.45) is 0.206. The van der Waals surface area contributed by atoms with Gasteiger partial charge in [-0.25, -0.2) is 4.79 Å². The summed E-state index contributed by atoms with van der Waals surface area (Å²) >= 11 is 0. The van der Waals surface area contributed by atoms with E-state index in [4.69, 9.17) is 10.8 Å². The van der Waals surface area contributed by atoms with Gasteiger partial charge in [0.2, 0.25) is 0 Å². The number of carbonyl (C=O) groups is 1. The maximum Gasteiger partial charge on any atom is 0.405 e. The topological polar surface area (TPSA) is 72.5 Å². The van der Waals surface area contributed by atoms with E-state index in [9.17, 15) is 4.79 Å². The smallest absolute Gasteiger partial charge is 0.405 e. The number of hydrogen-bond acceptors (Lipinski definition) is 3. The van der Waals surface area contributed by atoms with Crippen LogP contribution in [0.5, 0.6) is 0 Å². The number of aliphatic hydroxyl groups excluding tert-OH is 1. The second-order valence-corrected chi connectivity index (χ2v) is 4.44. The fourth-order valence-electron chi connectivity index (χ4n) is 0.560. The van der Waals surface area contributed by atoms with Crippen molar-refractivity contribution in [3.05, 3.63) is 0 Å². The van der Waals surface area contributed by atoms with E-state index in [0.29, 0.717) is 12.5 Å². The van der Waals surface area contributed by atoms with Crippen LogP contribution in [0.2, 0.25) is 0 Å². The van der Waals surface area contributed by atoms with Crippen LogP contribution in [0.25, 0.3) is 0 Å². The van der Waals surface area contributed by atoms with Crippen molar-refractivity contribution in [3.63, 3.8) is 0 Å². The fraction of sp³-hybridized carbons (Fsp3) is 0.900. The number of amides is 1. The van der Waals surface area contributed by atoms with Crippen molar-refractivity contribution in [2.24, 2.45) is 11.7 Å². The molecule has 0 heterocycles. The maximum atomic E-state index is 10.0. The molecule has 0 aromatic rings. The molecule has 14 heavy (non-hydrogen) atoms. The summed E-state index contributed by atoms with van der Waals surface area (Å²) in [5.41, 5.74) is 4.26. The molecule has 0 spiro atoms.